The average molecular weight is 464 g/mol. The fraction of sp³-hybridized carbons (Fsp3) is 0.143. The van der Waals surface area contributed by atoms with E-state index in [-0.39, 0.29) is 0 Å². The third-order valence-corrected chi connectivity index (χ3v) is 12.0. The molecule has 24 heavy (non-hydrogen) atoms. The van der Waals surface area contributed by atoms with Crippen LogP contribution in [0.25, 0.3) is 0 Å². The molecule has 0 saturated heterocycles. The largest absolute Gasteiger partial charge is 0.123 e. The summed E-state index contributed by atoms with van der Waals surface area (Å²) in [6, 6.07) is 30.9. The molecule has 124 valence electrons. The Morgan fingerprint density at radius 1 is 0.667 bits per heavy atom. The van der Waals surface area contributed by atoms with E-state index in [1.165, 1.54) is 19.6 Å². The molecule has 0 aromatic heterocycles. The van der Waals surface area contributed by atoms with Gasteiger partial charge in [-0.25, -0.2) is 0 Å². The second-order valence-corrected chi connectivity index (χ2v) is 13.9. The van der Waals surface area contributed by atoms with Crippen molar-refractivity contribution in [3.8, 4) is 0 Å². The molecule has 3 rings (SSSR count). The zero-order valence-corrected chi connectivity index (χ0v) is 17.6. The van der Waals surface area contributed by atoms with Gasteiger partial charge in [0, 0.05) is 24.8 Å². The quantitative estimate of drug-likeness (QED) is 0.274. The first-order chi connectivity index (χ1) is 11.6. The van der Waals surface area contributed by atoms with Crippen LogP contribution in [0.5, 0.6) is 0 Å². The van der Waals surface area contributed by atoms with E-state index in [2.05, 4.69) is 120 Å². The fourth-order valence-electron chi connectivity index (χ4n) is 2.60. The number of halogens is 1. The molecule has 0 bridgehead atoms. The smallest absolute Gasteiger partial charge is 0.00753 e. The number of rotatable bonds is 5. The fourth-order valence-corrected chi connectivity index (χ4v) is 8.47. The summed E-state index contributed by atoms with van der Waals surface area (Å²) in [6.45, 7) is 4.47. The molecule has 0 fully saturated rings. The number of benzene rings is 3. The third-order valence-electron chi connectivity index (χ3n) is 3.66. The van der Waals surface area contributed by atoms with Gasteiger partial charge in [-0.2, -0.15) is 0 Å². The van der Waals surface area contributed by atoms with Gasteiger partial charge >= 0.3 is 0 Å². The highest BCUT2D eigenvalue weighted by molar-refractivity contribution is 14.2. The summed E-state index contributed by atoms with van der Waals surface area (Å²) in [5, 5.41) is 0.607. The lowest BCUT2D eigenvalue weighted by atomic mass is 10.4. The van der Waals surface area contributed by atoms with E-state index in [0.29, 0.717) is 5.25 Å². The molecule has 0 heterocycles. The minimum absolute atomic E-state index is 0.607. The molecule has 0 atom stereocenters. The normalized spacial score (nSPS) is 12.3. The van der Waals surface area contributed by atoms with E-state index in [9.17, 15) is 0 Å². The van der Waals surface area contributed by atoms with Gasteiger partial charge in [0.15, 0.2) is 0 Å². The molecule has 0 aliphatic rings. The lowest BCUT2D eigenvalue weighted by molar-refractivity contribution is 1.11. The number of hydrogen-bond donors (Lipinski definition) is 0. The predicted octanol–water partition coefficient (Wildman–Crippen LogP) is 7.82. The van der Waals surface area contributed by atoms with Crippen LogP contribution in [-0.4, -0.2) is 5.25 Å². The molecule has 3 aromatic rings. The van der Waals surface area contributed by atoms with Crippen LogP contribution in [0, 0.1) is 0 Å². The van der Waals surface area contributed by atoms with E-state index in [1.807, 2.05) is 11.8 Å². The Kier molecular flexibility index (Phi) is 5.95. The van der Waals surface area contributed by atoms with Crippen LogP contribution in [0.1, 0.15) is 13.8 Å². The van der Waals surface area contributed by atoms with Crippen LogP contribution in [0.4, 0.5) is 0 Å². The highest BCUT2D eigenvalue weighted by atomic mass is 127. The van der Waals surface area contributed by atoms with Gasteiger partial charge in [-0.3, -0.25) is 0 Å². The summed E-state index contributed by atoms with van der Waals surface area (Å²) >= 11 is 4.60. The molecule has 0 radical (unpaired) electrons. The second-order valence-electron chi connectivity index (χ2n) is 5.80. The molecule has 0 unspecified atom stereocenters. The third kappa shape index (κ3) is 3.84. The van der Waals surface area contributed by atoms with Gasteiger partial charge < -0.3 is 0 Å². The van der Waals surface area contributed by atoms with Crippen LogP contribution in [0.3, 0.4) is 0 Å². The van der Waals surface area contributed by atoms with E-state index in [4.69, 9.17) is 0 Å². The minimum atomic E-state index is -1.26. The van der Waals surface area contributed by atoms with Crippen molar-refractivity contribution < 1.29 is 0 Å². The van der Waals surface area contributed by atoms with Gasteiger partial charge in [-0.05, 0) is 69.7 Å². The second kappa shape index (κ2) is 7.98. The number of hydrogen-bond acceptors (Lipinski definition) is 1. The Bertz CT molecular complexity index is 728. The summed E-state index contributed by atoms with van der Waals surface area (Å²) in [5.41, 5.74) is 0. The maximum Gasteiger partial charge on any atom is 0.00753 e. The van der Waals surface area contributed by atoms with Crippen LogP contribution in [0.15, 0.2) is 105 Å². The first-order valence-corrected chi connectivity index (χ1v) is 13.1. The minimum Gasteiger partial charge on any atom is -0.123 e. The molecule has 0 nitrogen and oxygen atoms in total. The van der Waals surface area contributed by atoms with Crippen LogP contribution in [-0.2, 0) is 0 Å². The predicted molar refractivity (Wildman–Crippen MR) is 117 cm³/mol. The van der Waals surface area contributed by atoms with E-state index < -0.39 is 7.20 Å². The first-order valence-electron chi connectivity index (χ1n) is 8.00. The van der Waals surface area contributed by atoms with Crippen molar-refractivity contribution in [2.75, 3.05) is 0 Å². The zero-order chi connectivity index (χ0) is 17.0. The molecular weight excluding hydrogens is 443 g/mol. The standard InChI is InChI=1S/C21H21IS2/c1-17(2)23-18-13-15-21(16-14-18)24(22,19-9-5-3-6-10-19)20-11-7-4-8-12-20/h3-17H,1-2H3. The van der Waals surface area contributed by atoms with Gasteiger partial charge in [0.05, 0.1) is 0 Å². The summed E-state index contributed by atoms with van der Waals surface area (Å²) in [5.74, 6) is 0. The van der Waals surface area contributed by atoms with Crippen molar-refractivity contribution in [1.29, 1.82) is 0 Å². The maximum atomic E-state index is 2.69. The average Bonchev–Trinajstić information content (AvgIpc) is 2.63. The highest BCUT2D eigenvalue weighted by Crippen LogP contribution is 2.74. The lowest BCUT2D eigenvalue weighted by Crippen LogP contribution is -1.96. The molecule has 3 aromatic carbocycles. The van der Waals surface area contributed by atoms with Crippen LogP contribution in [0.2, 0.25) is 0 Å². The highest BCUT2D eigenvalue weighted by Gasteiger charge is 2.27. The molecular formula is C21H21IS2. The monoisotopic (exact) mass is 464 g/mol. The van der Waals surface area contributed by atoms with Crippen LogP contribution < -0.4 is 0 Å². The summed E-state index contributed by atoms with van der Waals surface area (Å²) in [6.07, 6.45) is 0. The first kappa shape index (κ1) is 17.9. The maximum absolute atomic E-state index is 2.69. The van der Waals surface area contributed by atoms with Crippen molar-refractivity contribution in [3.05, 3.63) is 84.9 Å². The Morgan fingerprint density at radius 3 is 1.50 bits per heavy atom. The topological polar surface area (TPSA) is 0 Å². The molecule has 3 heteroatoms. The van der Waals surface area contributed by atoms with Gasteiger partial charge in [0.25, 0.3) is 0 Å². The van der Waals surface area contributed by atoms with Gasteiger partial charge in [-0.15, -0.1) is 19.0 Å². The number of thioether (sulfide) groups is 1. The van der Waals surface area contributed by atoms with E-state index in [0.717, 1.165) is 0 Å². The summed E-state index contributed by atoms with van der Waals surface area (Å²) in [4.78, 5) is 5.52. The van der Waals surface area contributed by atoms with E-state index in [1.54, 1.807) is 0 Å². The van der Waals surface area contributed by atoms with Crippen molar-refractivity contribution in [2.45, 2.75) is 38.7 Å². The zero-order valence-electron chi connectivity index (χ0n) is 13.9. The van der Waals surface area contributed by atoms with Crippen molar-refractivity contribution in [2.24, 2.45) is 0 Å². The Labute approximate surface area is 163 Å². The van der Waals surface area contributed by atoms with E-state index >= 15 is 0 Å². The van der Waals surface area contributed by atoms with Gasteiger partial charge in [-0.1, -0.05) is 50.2 Å². The molecule has 0 aliphatic heterocycles. The van der Waals surface area contributed by atoms with Gasteiger partial charge in [0.2, 0.25) is 0 Å². The molecule has 0 saturated carbocycles. The van der Waals surface area contributed by atoms with Crippen molar-refractivity contribution in [1.82, 2.24) is 0 Å². The van der Waals surface area contributed by atoms with Crippen molar-refractivity contribution in [3.63, 3.8) is 0 Å². The Hall–Kier alpha value is -0.910. The Balaban J connectivity index is 2.09. The molecule has 0 N–H and O–H groups in total. The summed E-state index contributed by atoms with van der Waals surface area (Å²) in [7, 11) is -1.26. The summed E-state index contributed by atoms with van der Waals surface area (Å²) < 4.78 is 0. The molecule has 0 aliphatic carbocycles. The molecule has 0 amide bonds. The molecule has 0 spiro atoms. The Morgan fingerprint density at radius 2 is 1.08 bits per heavy atom. The van der Waals surface area contributed by atoms with Gasteiger partial charge in [0.1, 0.15) is 0 Å². The SMILES string of the molecule is CC(C)Sc1ccc(S(I)(c2ccccc2)c2ccccc2)cc1. The van der Waals surface area contributed by atoms with Crippen molar-refractivity contribution >= 4 is 40.2 Å². The lowest BCUT2D eigenvalue weighted by Gasteiger charge is -2.35. The van der Waals surface area contributed by atoms with Crippen LogP contribution >= 0.6 is 40.2 Å².